The standard InChI is InChI=1S/C29H46N4O3/c1-6-32(22(4)5)27(34)20-24-12-15-31(16-13-24)29(36)26(19-23-10-8-7-9-11-23)33-17-14-30-25(28(33)35)18-21(2)3/h7-11,21-22,24-26,30H,6,12-20H2,1-5H3/t25-,26?/m0/s1. The van der Waals surface area contributed by atoms with Crippen LogP contribution in [-0.4, -0.2) is 83.3 Å². The Hall–Kier alpha value is -2.41. The number of benzene rings is 1. The van der Waals surface area contributed by atoms with Crippen molar-refractivity contribution in [3.63, 3.8) is 0 Å². The molecule has 200 valence electrons. The second-order valence-electron chi connectivity index (χ2n) is 11.1. The van der Waals surface area contributed by atoms with Crippen LogP contribution < -0.4 is 5.32 Å². The molecule has 36 heavy (non-hydrogen) atoms. The fourth-order valence-corrected chi connectivity index (χ4v) is 5.65. The number of nitrogens with zero attached hydrogens (tertiary/aromatic N) is 3. The largest absolute Gasteiger partial charge is 0.341 e. The van der Waals surface area contributed by atoms with Crippen molar-refractivity contribution in [3.8, 4) is 0 Å². The Morgan fingerprint density at radius 1 is 1.06 bits per heavy atom. The third kappa shape index (κ3) is 7.31. The van der Waals surface area contributed by atoms with Crippen LogP contribution in [0.15, 0.2) is 30.3 Å². The van der Waals surface area contributed by atoms with Crippen LogP contribution in [0.4, 0.5) is 0 Å². The predicted molar refractivity (Wildman–Crippen MR) is 143 cm³/mol. The normalized spacial score (nSPS) is 20.2. The first-order chi connectivity index (χ1) is 17.2. The van der Waals surface area contributed by atoms with Gasteiger partial charge in [0.05, 0.1) is 6.04 Å². The zero-order valence-electron chi connectivity index (χ0n) is 22.9. The monoisotopic (exact) mass is 498 g/mol. The third-order valence-electron chi connectivity index (χ3n) is 7.64. The van der Waals surface area contributed by atoms with E-state index >= 15 is 0 Å². The summed E-state index contributed by atoms with van der Waals surface area (Å²) in [5.74, 6) is 0.994. The number of carbonyl (C=O) groups excluding carboxylic acids is 3. The van der Waals surface area contributed by atoms with Crippen LogP contribution in [0.1, 0.15) is 65.9 Å². The summed E-state index contributed by atoms with van der Waals surface area (Å²) >= 11 is 0. The molecule has 0 bridgehead atoms. The molecule has 1 aromatic carbocycles. The SMILES string of the molecule is CCN(C(=O)CC1CCN(C(=O)C(Cc2ccccc2)N2CCN[C@@H](CC(C)C)C2=O)CC1)C(C)C. The highest BCUT2D eigenvalue weighted by atomic mass is 16.2. The van der Waals surface area contributed by atoms with Gasteiger partial charge in [-0.05, 0) is 57.4 Å². The lowest BCUT2D eigenvalue weighted by Gasteiger charge is -2.41. The molecule has 1 unspecified atom stereocenters. The van der Waals surface area contributed by atoms with Crippen LogP contribution in [-0.2, 0) is 20.8 Å². The summed E-state index contributed by atoms with van der Waals surface area (Å²) in [6.45, 7) is 13.6. The molecule has 0 saturated carbocycles. The van der Waals surface area contributed by atoms with Gasteiger partial charge in [-0.3, -0.25) is 14.4 Å². The van der Waals surface area contributed by atoms with Crippen molar-refractivity contribution < 1.29 is 14.4 Å². The van der Waals surface area contributed by atoms with Crippen LogP contribution in [0.2, 0.25) is 0 Å². The van der Waals surface area contributed by atoms with Crippen LogP contribution in [0.25, 0.3) is 0 Å². The molecule has 2 atom stereocenters. The Balaban J connectivity index is 1.69. The number of nitrogens with one attached hydrogen (secondary N) is 1. The summed E-state index contributed by atoms with van der Waals surface area (Å²) in [5, 5.41) is 3.36. The van der Waals surface area contributed by atoms with Gasteiger partial charge in [0.2, 0.25) is 17.7 Å². The molecule has 7 nitrogen and oxygen atoms in total. The molecule has 2 fully saturated rings. The minimum absolute atomic E-state index is 0.0399. The fourth-order valence-electron chi connectivity index (χ4n) is 5.65. The zero-order chi connectivity index (χ0) is 26.2. The second kappa shape index (κ2) is 13.2. The number of hydrogen-bond donors (Lipinski definition) is 1. The fraction of sp³-hybridized carbons (Fsp3) is 0.690. The molecule has 1 aromatic rings. The van der Waals surface area contributed by atoms with E-state index < -0.39 is 6.04 Å². The first-order valence-electron chi connectivity index (χ1n) is 13.9. The van der Waals surface area contributed by atoms with Gasteiger partial charge in [-0.15, -0.1) is 0 Å². The second-order valence-corrected chi connectivity index (χ2v) is 11.1. The minimum atomic E-state index is -0.494. The number of piperidine rings is 1. The van der Waals surface area contributed by atoms with E-state index in [0.717, 1.165) is 31.4 Å². The molecule has 3 amide bonds. The van der Waals surface area contributed by atoms with Crippen molar-refractivity contribution in [3.05, 3.63) is 35.9 Å². The van der Waals surface area contributed by atoms with E-state index in [2.05, 4.69) is 33.0 Å². The maximum atomic E-state index is 13.9. The van der Waals surface area contributed by atoms with E-state index in [1.165, 1.54) is 0 Å². The molecule has 0 radical (unpaired) electrons. The van der Waals surface area contributed by atoms with Gasteiger partial charge in [-0.25, -0.2) is 0 Å². The van der Waals surface area contributed by atoms with E-state index in [4.69, 9.17) is 0 Å². The summed E-state index contributed by atoms with van der Waals surface area (Å²) in [7, 11) is 0. The van der Waals surface area contributed by atoms with E-state index in [-0.39, 0.29) is 29.8 Å². The molecule has 3 rings (SSSR count). The molecule has 2 saturated heterocycles. The smallest absolute Gasteiger partial charge is 0.245 e. The molecule has 0 aliphatic carbocycles. The first-order valence-corrected chi connectivity index (χ1v) is 13.9. The molecular weight excluding hydrogens is 452 g/mol. The summed E-state index contributed by atoms with van der Waals surface area (Å²) in [4.78, 5) is 45.8. The Labute approximate surface area is 217 Å². The lowest BCUT2D eigenvalue weighted by Crippen LogP contribution is -2.62. The van der Waals surface area contributed by atoms with Crippen molar-refractivity contribution in [1.82, 2.24) is 20.0 Å². The summed E-state index contributed by atoms with van der Waals surface area (Å²) in [6, 6.07) is 9.48. The highest BCUT2D eigenvalue weighted by Crippen LogP contribution is 2.25. The minimum Gasteiger partial charge on any atom is -0.341 e. The number of rotatable bonds is 10. The molecule has 2 aliphatic rings. The quantitative estimate of drug-likeness (QED) is 0.537. The van der Waals surface area contributed by atoms with Gasteiger partial charge in [0, 0.05) is 51.6 Å². The van der Waals surface area contributed by atoms with Crippen LogP contribution in [0, 0.1) is 11.8 Å². The number of amides is 3. The van der Waals surface area contributed by atoms with Gasteiger partial charge in [-0.1, -0.05) is 44.2 Å². The van der Waals surface area contributed by atoms with Gasteiger partial charge >= 0.3 is 0 Å². The molecule has 0 aromatic heterocycles. The Bertz CT molecular complexity index is 865. The Morgan fingerprint density at radius 2 is 1.72 bits per heavy atom. The van der Waals surface area contributed by atoms with Crippen LogP contribution in [0.5, 0.6) is 0 Å². The lowest BCUT2D eigenvalue weighted by molar-refractivity contribution is -0.150. The van der Waals surface area contributed by atoms with E-state index in [1.807, 2.05) is 52.0 Å². The molecular formula is C29H46N4O3. The first kappa shape index (κ1) is 28.2. The van der Waals surface area contributed by atoms with Gasteiger partial charge in [0.25, 0.3) is 0 Å². The zero-order valence-corrected chi connectivity index (χ0v) is 22.9. The van der Waals surface area contributed by atoms with E-state index in [1.54, 1.807) is 0 Å². The van der Waals surface area contributed by atoms with Crippen molar-refractivity contribution in [2.75, 3.05) is 32.7 Å². The number of likely N-dealkylation sites (tertiary alicyclic amines) is 1. The van der Waals surface area contributed by atoms with Crippen molar-refractivity contribution in [2.45, 2.75) is 84.8 Å². The molecule has 2 heterocycles. The Morgan fingerprint density at radius 3 is 2.31 bits per heavy atom. The molecule has 0 spiro atoms. The summed E-state index contributed by atoms with van der Waals surface area (Å²) in [6.07, 6.45) is 3.51. The van der Waals surface area contributed by atoms with Crippen molar-refractivity contribution in [1.29, 1.82) is 0 Å². The maximum absolute atomic E-state index is 13.9. The maximum Gasteiger partial charge on any atom is 0.245 e. The molecule has 2 aliphatic heterocycles. The third-order valence-corrected chi connectivity index (χ3v) is 7.64. The average molecular weight is 499 g/mol. The topological polar surface area (TPSA) is 73.0 Å². The number of hydrogen-bond acceptors (Lipinski definition) is 4. The number of carbonyl (C=O) groups is 3. The molecule has 7 heteroatoms. The lowest BCUT2D eigenvalue weighted by atomic mass is 9.91. The van der Waals surface area contributed by atoms with Gasteiger partial charge in [0.1, 0.15) is 6.04 Å². The van der Waals surface area contributed by atoms with E-state index in [0.29, 0.717) is 50.9 Å². The average Bonchev–Trinajstić information content (AvgIpc) is 2.85. The predicted octanol–water partition coefficient (Wildman–Crippen LogP) is 3.33. The summed E-state index contributed by atoms with van der Waals surface area (Å²) in [5.41, 5.74) is 1.07. The Kier molecular flexibility index (Phi) is 10.3. The van der Waals surface area contributed by atoms with Crippen molar-refractivity contribution >= 4 is 17.7 Å². The highest BCUT2D eigenvalue weighted by Gasteiger charge is 2.39. The summed E-state index contributed by atoms with van der Waals surface area (Å²) < 4.78 is 0. The van der Waals surface area contributed by atoms with Crippen LogP contribution in [0.3, 0.4) is 0 Å². The van der Waals surface area contributed by atoms with Gasteiger partial charge in [0.15, 0.2) is 0 Å². The van der Waals surface area contributed by atoms with Crippen molar-refractivity contribution in [2.24, 2.45) is 11.8 Å². The number of piperazine rings is 1. The van der Waals surface area contributed by atoms with Crippen LogP contribution >= 0.6 is 0 Å². The van der Waals surface area contributed by atoms with E-state index in [9.17, 15) is 14.4 Å². The van der Waals surface area contributed by atoms with Gasteiger partial charge < -0.3 is 20.0 Å². The van der Waals surface area contributed by atoms with Gasteiger partial charge in [-0.2, -0.15) is 0 Å². The highest BCUT2D eigenvalue weighted by molar-refractivity contribution is 5.90. The molecule has 1 N–H and O–H groups in total.